The van der Waals surface area contributed by atoms with Crippen LogP contribution in [-0.4, -0.2) is 9.97 Å². The largest absolute Gasteiger partial charge is 0.378 e. The fourth-order valence-electron chi connectivity index (χ4n) is 1.17. The first-order valence-electron chi connectivity index (χ1n) is 4.49. The SMILES string of the molecule is Cc1cc(NCc2cscn2)cnc1Cl. The maximum Gasteiger partial charge on any atom is 0.132 e. The molecule has 0 atom stereocenters. The van der Waals surface area contributed by atoms with Crippen LogP contribution < -0.4 is 5.32 Å². The van der Waals surface area contributed by atoms with E-state index in [0.717, 1.165) is 16.9 Å². The van der Waals surface area contributed by atoms with Gasteiger partial charge in [-0.3, -0.25) is 0 Å². The summed E-state index contributed by atoms with van der Waals surface area (Å²) in [4.78, 5) is 8.24. The van der Waals surface area contributed by atoms with Gasteiger partial charge >= 0.3 is 0 Å². The monoisotopic (exact) mass is 239 g/mol. The van der Waals surface area contributed by atoms with Crippen molar-refractivity contribution in [1.82, 2.24) is 9.97 Å². The zero-order valence-electron chi connectivity index (χ0n) is 8.20. The average Bonchev–Trinajstić information content (AvgIpc) is 2.73. The van der Waals surface area contributed by atoms with Gasteiger partial charge in [0.25, 0.3) is 0 Å². The molecule has 3 nitrogen and oxygen atoms in total. The van der Waals surface area contributed by atoms with E-state index in [4.69, 9.17) is 11.6 Å². The van der Waals surface area contributed by atoms with E-state index in [0.29, 0.717) is 11.7 Å². The molecule has 2 rings (SSSR count). The van der Waals surface area contributed by atoms with Crippen molar-refractivity contribution in [2.75, 3.05) is 5.32 Å². The van der Waals surface area contributed by atoms with Crippen LogP contribution in [0.25, 0.3) is 0 Å². The average molecular weight is 240 g/mol. The smallest absolute Gasteiger partial charge is 0.132 e. The normalized spacial score (nSPS) is 10.3. The second-order valence-electron chi connectivity index (χ2n) is 3.17. The number of aryl methyl sites for hydroxylation is 1. The number of thiazole rings is 1. The quantitative estimate of drug-likeness (QED) is 0.837. The predicted molar refractivity (Wildman–Crippen MR) is 63.4 cm³/mol. The summed E-state index contributed by atoms with van der Waals surface area (Å²) >= 11 is 7.42. The number of halogens is 1. The molecule has 2 aromatic heterocycles. The molecule has 0 radical (unpaired) electrons. The fraction of sp³-hybridized carbons (Fsp3) is 0.200. The summed E-state index contributed by atoms with van der Waals surface area (Å²) in [6.07, 6.45) is 1.72. The van der Waals surface area contributed by atoms with Crippen LogP contribution in [0, 0.1) is 6.92 Å². The minimum atomic E-state index is 0.550. The molecule has 2 heterocycles. The van der Waals surface area contributed by atoms with Gasteiger partial charge in [-0.15, -0.1) is 11.3 Å². The number of nitrogens with one attached hydrogen (secondary N) is 1. The third kappa shape index (κ3) is 2.67. The van der Waals surface area contributed by atoms with E-state index in [2.05, 4.69) is 15.3 Å². The van der Waals surface area contributed by atoms with Crippen LogP contribution in [-0.2, 0) is 6.54 Å². The molecule has 15 heavy (non-hydrogen) atoms. The molecule has 0 bridgehead atoms. The molecule has 2 aromatic rings. The van der Waals surface area contributed by atoms with E-state index in [1.54, 1.807) is 17.5 Å². The van der Waals surface area contributed by atoms with E-state index in [1.165, 1.54) is 0 Å². The Morgan fingerprint density at radius 1 is 1.47 bits per heavy atom. The number of hydrogen-bond donors (Lipinski definition) is 1. The van der Waals surface area contributed by atoms with Gasteiger partial charge in [-0.2, -0.15) is 0 Å². The van der Waals surface area contributed by atoms with Crippen LogP contribution in [0.1, 0.15) is 11.3 Å². The Bertz CT molecular complexity index is 442. The Kier molecular flexibility index (Phi) is 3.18. The van der Waals surface area contributed by atoms with Crippen LogP contribution in [0.5, 0.6) is 0 Å². The molecule has 0 unspecified atom stereocenters. The molecular weight excluding hydrogens is 230 g/mol. The molecule has 0 spiro atoms. The van der Waals surface area contributed by atoms with Crippen molar-refractivity contribution in [1.29, 1.82) is 0 Å². The Morgan fingerprint density at radius 3 is 3.00 bits per heavy atom. The lowest BCUT2D eigenvalue weighted by atomic mass is 10.3. The van der Waals surface area contributed by atoms with Gasteiger partial charge in [0, 0.05) is 5.38 Å². The minimum absolute atomic E-state index is 0.550. The summed E-state index contributed by atoms with van der Waals surface area (Å²) in [5, 5.41) is 5.81. The number of hydrogen-bond acceptors (Lipinski definition) is 4. The summed E-state index contributed by atoms with van der Waals surface area (Å²) in [6, 6.07) is 1.97. The maximum atomic E-state index is 5.83. The Morgan fingerprint density at radius 2 is 2.33 bits per heavy atom. The van der Waals surface area contributed by atoms with Gasteiger partial charge in [0.1, 0.15) is 5.15 Å². The first kappa shape index (κ1) is 10.4. The Hall–Kier alpha value is -1.13. The predicted octanol–water partition coefficient (Wildman–Crippen LogP) is 3.11. The molecule has 0 aliphatic rings. The van der Waals surface area contributed by atoms with Gasteiger partial charge in [-0.1, -0.05) is 11.6 Å². The van der Waals surface area contributed by atoms with Crippen molar-refractivity contribution in [3.05, 3.63) is 39.6 Å². The number of nitrogens with zero attached hydrogens (tertiary/aromatic N) is 2. The summed E-state index contributed by atoms with van der Waals surface area (Å²) in [5.74, 6) is 0. The molecule has 1 N–H and O–H groups in total. The molecule has 0 saturated carbocycles. The summed E-state index contributed by atoms with van der Waals surface area (Å²) in [6.45, 7) is 2.65. The second-order valence-corrected chi connectivity index (χ2v) is 4.24. The van der Waals surface area contributed by atoms with Gasteiger partial charge in [-0.25, -0.2) is 9.97 Å². The van der Waals surface area contributed by atoms with Crippen molar-refractivity contribution in [2.45, 2.75) is 13.5 Å². The number of pyridine rings is 1. The van der Waals surface area contributed by atoms with Crippen LogP contribution in [0.2, 0.25) is 5.15 Å². The van der Waals surface area contributed by atoms with E-state index in [-0.39, 0.29) is 0 Å². The first-order chi connectivity index (χ1) is 7.25. The van der Waals surface area contributed by atoms with Crippen molar-refractivity contribution < 1.29 is 0 Å². The molecule has 5 heteroatoms. The fourth-order valence-corrected chi connectivity index (χ4v) is 1.83. The Labute approximate surface area is 97.2 Å². The second kappa shape index (κ2) is 4.59. The van der Waals surface area contributed by atoms with E-state index in [9.17, 15) is 0 Å². The molecular formula is C10H10ClN3S. The lowest BCUT2D eigenvalue weighted by Gasteiger charge is -2.05. The molecule has 0 aliphatic carbocycles. The number of anilines is 1. The van der Waals surface area contributed by atoms with Crippen molar-refractivity contribution in [3.63, 3.8) is 0 Å². The van der Waals surface area contributed by atoms with Crippen molar-refractivity contribution in [3.8, 4) is 0 Å². The van der Waals surface area contributed by atoms with E-state index in [1.807, 2.05) is 23.9 Å². The van der Waals surface area contributed by atoms with Gasteiger partial charge < -0.3 is 5.32 Å². The zero-order valence-corrected chi connectivity index (χ0v) is 9.77. The molecule has 0 aromatic carbocycles. The maximum absolute atomic E-state index is 5.83. The highest BCUT2D eigenvalue weighted by Crippen LogP contribution is 2.16. The highest BCUT2D eigenvalue weighted by molar-refractivity contribution is 7.07. The van der Waals surface area contributed by atoms with E-state index < -0.39 is 0 Å². The topological polar surface area (TPSA) is 37.8 Å². The summed E-state index contributed by atoms with van der Waals surface area (Å²) in [7, 11) is 0. The summed E-state index contributed by atoms with van der Waals surface area (Å²) in [5.41, 5.74) is 4.79. The molecule has 0 aliphatic heterocycles. The van der Waals surface area contributed by atoms with Crippen molar-refractivity contribution >= 4 is 28.6 Å². The third-order valence-electron chi connectivity index (χ3n) is 1.97. The molecule has 0 saturated heterocycles. The van der Waals surface area contributed by atoms with Crippen molar-refractivity contribution in [2.24, 2.45) is 0 Å². The highest BCUT2D eigenvalue weighted by atomic mass is 35.5. The standard InChI is InChI=1S/C10H10ClN3S/c1-7-2-8(3-13-10(7)11)12-4-9-5-15-6-14-9/h2-3,5-6,12H,4H2,1H3. The minimum Gasteiger partial charge on any atom is -0.378 e. The van der Waals surface area contributed by atoms with Crippen LogP contribution in [0.4, 0.5) is 5.69 Å². The molecule has 0 amide bonds. The van der Waals surface area contributed by atoms with E-state index >= 15 is 0 Å². The lowest BCUT2D eigenvalue weighted by Crippen LogP contribution is -2.00. The first-order valence-corrected chi connectivity index (χ1v) is 5.81. The third-order valence-corrected chi connectivity index (χ3v) is 3.00. The molecule has 78 valence electrons. The Balaban J connectivity index is 2.02. The van der Waals surface area contributed by atoms with Gasteiger partial charge in [0.2, 0.25) is 0 Å². The number of aromatic nitrogens is 2. The molecule has 0 fully saturated rings. The van der Waals surface area contributed by atoms with Gasteiger partial charge in [-0.05, 0) is 18.6 Å². The van der Waals surface area contributed by atoms with Crippen LogP contribution >= 0.6 is 22.9 Å². The van der Waals surface area contributed by atoms with Gasteiger partial charge in [0.05, 0.1) is 29.6 Å². The van der Waals surface area contributed by atoms with Gasteiger partial charge in [0.15, 0.2) is 0 Å². The zero-order chi connectivity index (χ0) is 10.7. The van der Waals surface area contributed by atoms with Crippen LogP contribution in [0.3, 0.4) is 0 Å². The highest BCUT2D eigenvalue weighted by Gasteiger charge is 1.99. The lowest BCUT2D eigenvalue weighted by molar-refractivity contribution is 1.07. The van der Waals surface area contributed by atoms with Crippen LogP contribution in [0.15, 0.2) is 23.2 Å². The summed E-state index contributed by atoms with van der Waals surface area (Å²) < 4.78 is 0. The number of rotatable bonds is 3.